The maximum Gasteiger partial charge on any atom is 0.0606 e. The Kier molecular flexibility index (Phi) is 14.8. The molecule has 0 spiro atoms. The molecule has 0 aliphatic heterocycles. The Hall–Kier alpha value is -0.0400. The highest BCUT2D eigenvalue weighted by Gasteiger charge is 2.45. The first-order valence-electron chi connectivity index (χ1n) is 14.8. The largest absolute Gasteiger partial charge is 0.378 e. The van der Waals surface area contributed by atoms with E-state index in [4.69, 9.17) is 4.74 Å². The van der Waals surface area contributed by atoms with Crippen LogP contribution in [0.4, 0.5) is 0 Å². The molecule has 1 aliphatic rings. The lowest BCUT2D eigenvalue weighted by molar-refractivity contribution is -0.0746. The van der Waals surface area contributed by atoms with Gasteiger partial charge >= 0.3 is 0 Å². The molecule has 1 nitrogen and oxygen atoms in total. The predicted molar refractivity (Wildman–Crippen MR) is 144 cm³/mol. The molecule has 32 heavy (non-hydrogen) atoms. The first-order valence-corrected chi connectivity index (χ1v) is 14.8. The summed E-state index contributed by atoms with van der Waals surface area (Å²) in [5.74, 6) is 2.44. The molecule has 0 aromatic carbocycles. The van der Waals surface area contributed by atoms with Gasteiger partial charge in [0.1, 0.15) is 0 Å². The van der Waals surface area contributed by atoms with Crippen LogP contribution in [0.15, 0.2) is 0 Å². The van der Waals surface area contributed by atoms with Crippen molar-refractivity contribution in [2.75, 3.05) is 6.61 Å². The average Bonchev–Trinajstić information content (AvgIpc) is 2.79. The summed E-state index contributed by atoms with van der Waals surface area (Å²) in [7, 11) is 0. The highest BCUT2D eigenvalue weighted by atomic mass is 16.5. The van der Waals surface area contributed by atoms with E-state index >= 15 is 0 Å². The molecule has 0 amide bonds. The predicted octanol–water partition coefficient (Wildman–Crippen LogP) is 10.6. The summed E-state index contributed by atoms with van der Waals surface area (Å²) < 4.78 is 6.62. The van der Waals surface area contributed by atoms with E-state index in [9.17, 15) is 0 Å². The summed E-state index contributed by atoms with van der Waals surface area (Å²) >= 11 is 0. The number of hydrogen-bond acceptors (Lipinski definition) is 1. The minimum absolute atomic E-state index is 0.416. The molecule has 1 rings (SSSR count). The van der Waals surface area contributed by atoms with Gasteiger partial charge in [-0.25, -0.2) is 0 Å². The molecule has 1 saturated carbocycles. The van der Waals surface area contributed by atoms with Crippen LogP contribution in [-0.2, 0) is 4.74 Å². The molecule has 0 N–H and O–H groups in total. The Balaban J connectivity index is 2.69. The van der Waals surface area contributed by atoms with Gasteiger partial charge in [-0.2, -0.15) is 0 Å². The Morgan fingerprint density at radius 3 is 1.78 bits per heavy atom. The molecule has 4 atom stereocenters. The van der Waals surface area contributed by atoms with Crippen LogP contribution in [0.25, 0.3) is 0 Å². The Morgan fingerprint density at radius 1 is 0.688 bits per heavy atom. The molecule has 4 unspecified atom stereocenters. The average molecular weight is 451 g/mol. The van der Waals surface area contributed by atoms with E-state index in [1.807, 2.05) is 0 Å². The van der Waals surface area contributed by atoms with Gasteiger partial charge in [-0.05, 0) is 60.7 Å². The minimum Gasteiger partial charge on any atom is -0.378 e. The zero-order chi connectivity index (χ0) is 24.0. The Labute approximate surface area is 204 Å². The Morgan fingerprint density at radius 2 is 1.25 bits per heavy atom. The molecular formula is C31H62O. The lowest BCUT2D eigenvalue weighted by atomic mass is 9.56. The van der Waals surface area contributed by atoms with Gasteiger partial charge in [0, 0.05) is 6.61 Å². The molecular weight excluding hydrogens is 388 g/mol. The van der Waals surface area contributed by atoms with Gasteiger partial charge in [0.15, 0.2) is 0 Å². The standard InChI is InChI=1S/C31H62O/c1-9-13-14-15-16-17-18-19-20-21-29(32-24-10-2)27-23-22-26(30(5,6)11-3)25-28(27)31(7,8)12-4/h26-29H,9-25H2,1-8H3. The summed E-state index contributed by atoms with van der Waals surface area (Å²) in [4.78, 5) is 0. The molecule has 192 valence electrons. The summed E-state index contributed by atoms with van der Waals surface area (Å²) in [5.41, 5.74) is 0.892. The highest BCUT2D eigenvalue weighted by Crippen LogP contribution is 2.52. The maximum atomic E-state index is 6.62. The maximum absolute atomic E-state index is 6.62. The van der Waals surface area contributed by atoms with Crippen LogP contribution in [-0.4, -0.2) is 12.7 Å². The van der Waals surface area contributed by atoms with Crippen molar-refractivity contribution in [1.29, 1.82) is 0 Å². The van der Waals surface area contributed by atoms with Crippen LogP contribution in [0.1, 0.15) is 158 Å². The lowest BCUT2D eigenvalue weighted by Gasteiger charge is -2.50. The number of rotatable bonds is 18. The molecule has 1 aliphatic carbocycles. The van der Waals surface area contributed by atoms with E-state index in [0.717, 1.165) is 30.8 Å². The van der Waals surface area contributed by atoms with Crippen LogP contribution in [0.3, 0.4) is 0 Å². The second-order valence-electron chi connectivity index (χ2n) is 12.5. The third kappa shape index (κ3) is 10.1. The van der Waals surface area contributed by atoms with E-state index in [1.165, 1.54) is 96.3 Å². The molecule has 0 heterocycles. The second kappa shape index (κ2) is 15.8. The number of unbranched alkanes of at least 4 members (excludes halogenated alkanes) is 8. The summed E-state index contributed by atoms with van der Waals surface area (Å²) in [6, 6.07) is 0. The van der Waals surface area contributed by atoms with E-state index in [1.54, 1.807) is 0 Å². The third-order valence-electron chi connectivity index (χ3n) is 9.44. The van der Waals surface area contributed by atoms with Crippen molar-refractivity contribution in [3.8, 4) is 0 Å². The molecule has 1 heteroatoms. The van der Waals surface area contributed by atoms with Crippen molar-refractivity contribution < 1.29 is 4.74 Å². The van der Waals surface area contributed by atoms with Crippen LogP contribution in [0.2, 0.25) is 0 Å². The van der Waals surface area contributed by atoms with E-state index < -0.39 is 0 Å². The van der Waals surface area contributed by atoms with Crippen LogP contribution < -0.4 is 0 Å². The molecule has 0 aromatic heterocycles. The molecule has 0 bridgehead atoms. The van der Waals surface area contributed by atoms with E-state index in [-0.39, 0.29) is 0 Å². The quantitative estimate of drug-likeness (QED) is 0.189. The second-order valence-corrected chi connectivity index (χ2v) is 12.5. The van der Waals surface area contributed by atoms with Gasteiger partial charge in [-0.15, -0.1) is 0 Å². The van der Waals surface area contributed by atoms with Gasteiger partial charge in [0.25, 0.3) is 0 Å². The third-order valence-corrected chi connectivity index (χ3v) is 9.44. The van der Waals surface area contributed by atoms with Crippen molar-refractivity contribution >= 4 is 0 Å². The zero-order valence-electron chi connectivity index (χ0n) is 23.7. The van der Waals surface area contributed by atoms with Gasteiger partial charge < -0.3 is 4.74 Å². The number of ether oxygens (including phenoxy) is 1. The van der Waals surface area contributed by atoms with E-state index in [0.29, 0.717) is 16.9 Å². The van der Waals surface area contributed by atoms with Gasteiger partial charge in [-0.3, -0.25) is 0 Å². The van der Waals surface area contributed by atoms with Crippen molar-refractivity contribution in [1.82, 2.24) is 0 Å². The summed E-state index contributed by atoms with van der Waals surface area (Å²) in [6.07, 6.45) is 22.4. The molecule has 0 radical (unpaired) electrons. The van der Waals surface area contributed by atoms with Crippen LogP contribution in [0, 0.1) is 28.6 Å². The van der Waals surface area contributed by atoms with Crippen molar-refractivity contribution in [2.45, 2.75) is 164 Å². The lowest BCUT2D eigenvalue weighted by Crippen LogP contribution is -2.44. The fraction of sp³-hybridized carbons (Fsp3) is 1.00. The van der Waals surface area contributed by atoms with Crippen molar-refractivity contribution in [3.63, 3.8) is 0 Å². The highest BCUT2D eigenvalue weighted by molar-refractivity contribution is 4.95. The fourth-order valence-corrected chi connectivity index (χ4v) is 6.14. The van der Waals surface area contributed by atoms with Gasteiger partial charge in [0.2, 0.25) is 0 Å². The SMILES string of the molecule is CCCCCCCCCCCC(OCCC)C1CCC(C(C)(C)CC)CC1C(C)(C)CC. The van der Waals surface area contributed by atoms with Gasteiger partial charge in [-0.1, -0.05) is 126 Å². The first kappa shape index (κ1) is 30.0. The summed E-state index contributed by atoms with van der Waals surface area (Å²) in [5, 5.41) is 0. The topological polar surface area (TPSA) is 9.23 Å². The fourth-order valence-electron chi connectivity index (χ4n) is 6.14. The van der Waals surface area contributed by atoms with Crippen molar-refractivity contribution in [3.05, 3.63) is 0 Å². The van der Waals surface area contributed by atoms with E-state index in [2.05, 4.69) is 55.4 Å². The molecule has 0 aromatic rings. The van der Waals surface area contributed by atoms with Gasteiger partial charge in [0.05, 0.1) is 6.10 Å². The number of hydrogen-bond donors (Lipinski definition) is 0. The molecule has 0 saturated heterocycles. The van der Waals surface area contributed by atoms with Crippen molar-refractivity contribution in [2.24, 2.45) is 28.6 Å². The first-order chi connectivity index (χ1) is 15.2. The Bertz CT molecular complexity index is 451. The monoisotopic (exact) mass is 450 g/mol. The normalized spacial score (nSPS) is 23.4. The van der Waals surface area contributed by atoms with Crippen LogP contribution in [0.5, 0.6) is 0 Å². The zero-order valence-corrected chi connectivity index (χ0v) is 23.7. The molecule has 1 fully saturated rings. The smallest absolute Gasteiger partial charge is 0.0606 e. The van der Waals surface area contributed by atoms with Crippen LogP contribution >= 0.6 is 0 Å². The summed E-state index contributed by atoms with van der Waals surface area (Å²) in [6.45, 7) is 20.4. The minimum atomic E-state index is 0.416.